The maximum Gasteiger partial charge on any atom is 0.279 e. The number of nitrogens with one attached hydrogen (secondary N) is 3. The first-order valence-electron chi connectivity index (χ1n) is 8.42. The minimum Gasteiger partial charge on any atom is -0.497 e. The molecule has 0 aliphatic carbocycles. The fourth-order valence-electron chi connectivity index (χ4n) is 2.12. The van der Waals surface area contributed by atoms with E-state index in [0.29, 0.717) is 18.1 Å². The van der Waals surface area contributed by atoms with Crippen LogP contribution in [0.1, 0.15) is 13.8 Å². The molecule has 0 aliphatic rings. The number of thiocarbonyl (C=S) groups is 1. The molecule has 0 saturated carbocycles. The summed E-state index contributed by atoms with van der Waals surface area (Å²) >= 11 is 5.16. The summed E-state index contributed by atoms with van der Waals surface area (Å²) in [7, 11) is 1.58. The van der Waals surface area contributed by atoms with Crippen LogP contribution >= 0.6 is 12.2 Å². The van der Waals surface area contributed by atoms with Gasteiger partial charge in [-0.2, -0.15) is 0 Å². The first-order chi connectivity index (χ1) is 13.0. The predicted molar refractivity (Wildman–Crippen MR) is 108 cm³/mol. The highest BCUT2D eigenvalue weighted by Gasteiger charge is 2.15. The van der Waals surface area contributed by atoms with Gasteiger partial charge in [0.25, 0.3) is 5.91 Å². The Morgan fingerprint density at radius 1 is 1.07 bits per heavy atom. The molecule has 1 amide bonds. The lowest BCUT2D eigenvalue weighted by molar-refractivity contribution is -0.127. The third-order valence-corrected chi connectivity index (χ3v) is 3.65. The fraction of sp³-hybridized carbons (Fsp3) is 0.263. The van der Waals surface area contributed by atoms with Crippen molar-refractivity contribution in [3.63, 3.8) is 0 Å². The van der Waals surface area contributed by atoms with Gasteiger partial charge in [0, 0.05) is 11.8 Å². The van der Waals surface area contributed by atoms with Gasteiger partial charge in [-0.15, -0.1) is 0 Å². The number of carbonyl (C=O) groups is 1. The molecule has 8 heteroatoms. The maximum atomic E-state index is 12.1. The summed E-state index contributed by atoms with van der Waals surface area (Å²) in [6.07, 6.45) is -0.713. The van der Waals surface area contributed by atoms with E-state index >= 15 is 0 Å². The van der Waals surface area contributed by atoms with Gasteiger partial charge in [0.1, 0.15) is 17.2 Å². The second kappa shape index (κ2) is 10.2. The summed E-state index contributed by atoms with van der Waals surface area (Å²) in [5.74, 6) is 1.65. The lowest BCUT2D eigenvalue weighted by atomic mass is 10.3. The quantitative estimate of drug-likeness (QED) is 0.496. The zero-order valence-corrected chi connectivity index (χ0v) is 16.3. The number of ether oxygens (including phenoxy) is 3. The number of methoxy groups -OCH3 is 1. The minimum absolute atomic E-state index is 0.241. The highest BCUT2D eigenvalue weighted by atomic mass is 32.1. The van der Waals surface area contributed by atoms with Crippen molar-refractivity contribution in [2.75, 3.05) is 19.0 Å². The smallest absolute Gasteiger partial charge is 0.279 e. The molecule has 144 valence electrons. The standard InChI is InChI=1S/C19H23N3O4S/c1-4-25-15-8-10-16(11-9-15)26-13(2)18(23)21-22-19(27)20-14-6-5-7-17(12-14)24-3/h5-13H,4H2,1-3H3,(H,21,23)(H2,20,22,27)/t13-/m0/s1. The van der Waals surface area contributed by atoms with E-state index in [0.717, 1.165) is 11.4 Å². The topological polar surface area (TPSA) is 80.9 Å². The normalized spacial score (nSPS) is 11.1. The van der Waals surface area contributed by atoms with E-state index < -0.39 is 6.10 Å². The minimum atomic E-state index is -0.713. The predicted octanol–water partition coefficient (Wildman–Crippen LogP) is 2.88. The number of anilines is 1. The van der Waals surface area contributed by atoms with Crippen molar-refractivity contribution in [1.82, 2.24) is 10.9 Å². The van der Waals surface area contributed by atoms with Gasteiger partial charge in [-0.1, -0.05) is 6.07 Å². The van der Waals surface area contributed by atoms with Gasteiger partial charge >= 0.3 is 0 Å². The highest BCUT2D eigenvalue weighted by molar-refractivity contribution is 7.80. The molecule has 0 saturated heterocycles. The Kier molecular flexibility index (Phi) is 7.69. The van der Waals surface area contributed by atoms with Gasteiger partial charge in [-0.25, -0.2) is 0 Å². The largest absolute Gasteiger partial charge is 0.497 e. The van der Waals surface area contributed by atoms with Crippen LogP contribution in [0.15, 0.2) is 48.5 Å². The fourth-order valence-corrected chi connectivity index (χ4v) is 2.29. The average molecular weight is 389 g/mol. The molecule has 7 nitrogen and oxygen atoms in total. The van der Waals surface area contributed by atoms with Crippen LogP contribution in [0.4, 0.5) is 5.69 Å². The molecule has 0 heterocycles. The Labute approximate surface area is 164 Å². The van der Waals surface area contributed by atoms with Crippen molar-refractivity contribution in [3.8, 4) is 17.2 Å². The first-order valence-corrected chi connectivity index (χ1v) is 8.83. The van der Waals surface area contributed by atoms with Crippen LogP contribution in [-0.4, -0.2) is 30.8 Å². The average Bonchev–Trinajstić information content (AvgIpc) is 2.68. The molecule has 0 bridgehead atoms. The molecule has 2 aromatic rings. The number of hydrogen-bond acceptors (Lipinski definition) is 5. The van der Waals surface area contributed by atoms with Gasteiger partial charge in [0.15, 0.2) is 11.2 Å². The van der Waals surface area contributed by atoms with Crippen molar-refractivity contribution in [3.05, 3.63) is 48.5 Å². The summed E-state index contributed by atoms with van der Waals surface area (Å²) in [6, 6.07) is 14.3. The molecule has 0 aliphatic heterocycles. The van der Waals surface area contributed by atoms with Crippen LogP contribution in [0.25, 0.3) is 0 Å². The van der Waals surface area contributed by atoms with Crippen molar-refractivity contribution < 1.29 is 19.0 Å². The molecule has 2 rings (SSSR count). The van der Waals surface area contributed by atoms with Crippen LogP contribution in [-0.2, 0) is 4.79 Å². The number of hydrogen-bond donors (Lipinski definition) is 3. The Morgan fingerprint density at radius 3 is 2.44 bits per heavy atom. The molecule has 3 N–H and O–H groups in total. The maximum absolute atomic E-state index is 12.1. The van der Waals surface area contributed by atoms with Crippen LogP contribution in [0.3, 0.4) is 0 Å². The number of amides is 1. The SMILES string of the molecule is CCOc1ccc(O[C@@H](C)C(=O)NNC(=S)Nc2cccc(OC)c2)cc1. The van der Waals surface area contributed by atoms with Crippen LogP contribution in [0, 0.1) is 0 Å². The molecule has 2 aromatic carbocycles. The third-order valence-electron chi connectivity index (χ3n) is 3.44. The van der Waals surface area contributed by atoms with E-state index in [1.54, 1.807) is 44.4 Å². The summed E-state index contributed by atoms with van der Waals surface area (Å²) in [5, 5.41) is 3.19. The van der Waals surface area contributed by atoms with E-state index in [2.05, 4.69) is 16.2 Å². The second-order valence-corrected chi connectivity index (χ2v) is 5.87. The van der Waals surface area contributed by atoms with Crippen LogP contribution < -0.4 is 30.4 Å². The van der Waals surface area contributed by atoms with Gasteiger partial charge in [-0.3, -0.25) is 15.6 Å². The Hall–Kier alpha value is -3.00. The number of benzene rings is 2. The van der Waals surface area contributed by atoms with Crippen molar-refractivity contribution in [2.24, 2.45) is 0 Å². The number of hydrazine groups is 1. The van der Waals surface area contributed by atoms with Gasteiger partial charge in [0.2, 0.25) is 0 Å². The molecule has 27 heavy (non-hydrogen) atoms. The molecule has 0 aromatic heterocycles. The third kappa shape index (κ3) is 6.67. The molecule has 0 radical (unpaired) electrons. The van der Waals surface area contributed by atoms with E-state index in [-0.39, 0.29) is 11.0 Å². The molecule has 0 fully saturated rings. The number of rotatable bonds is 7. The van der Waals surface area contributed by atoms with Gasteiger partial charge < -0.3 is 19.5 Å². The van der Waals surface area contributed by atoms with E-state index in [1.165, 1.54) is 0 Å². The highest BCUT2D eigenvalue weighted by Crippen LogP contribution is 2.19. The van der Waals surface area contributed by atoms with Crippen molar-refractivity contribution in [1.29, 1.82) is 0 Å². The van der Waals surface area contributed by atoms with Crippen LogP contribution in [0.2, 0.25) is 0 Å². The first kappa shape index (κ1) is 20.3. The molecule has 0 spiro atoms. The zero-order valence-electron chi connectivity index (χ0n) is 15.4. The molecular weight excluding hydrogens is 366 g/mol. The summed E-state index contributed by atoms with van der Waals surface area (Å²) in [4.78, 5) is 12.1. The van der Waals surface area contributed by atoms with E-state index in [9.17, 15) is 4.79 Å². The van der Waals surface area contributed by atoms with E-state index in [4.69, 9.17) is 26.4 Å². The Morgan fingerprint density at radius 2 is 1.78 bits per heavy atom. The monoisotopic (exact) mass is 389 g/mol. The summed E-state index contributed by atoms with van der Waals surface area (Å²) < 4.78 is 16.1. The van der Waals surface area contributed by atoms with Crippen molar-refractivity contribution >= 4 is 28.9 Å². The Balaban J connectivity index is 1.78. The molecule has 1 atom stereocenters. The second-order valence-electron chi connectivity index (χ2n) is 5.46. The lowest BCUT2D eigenvalue weighted by Crippen LogP contribution is -2.48. The summed E-state index contributed by atoms with van der Waals surface area (Å²) in [6.45, 7) is 4.15. The van der Waals surface area contributed by atoms with Gasteiger partial charge in [0.05, 0.1) is 13.7 Å². The lowest BCUT2D eigenvalue weighted by Gasteiger charge is -2.17. The van der Waals surface area contributed by atoms with E-state index in [1.807, 2.05) is 25.1 Å². The molecule has 0 unspecified atom stereocenters. The number of carbonyl (C=O) groups excluding carboxylic acids is 1. The summed E-state index contributed by atoms with van der Waals surface area (Å²) in [5.41, 5.74) is 5.89. The Bertz CT molecular complexity index is 768. The van der Waals surface area contributed by atoms with Crippen molar-refractivity contribution in [2.45, 2.75) is 20.0 Å². The van der Waals surface area contributed by atoms with Gasteiger partial charge in [-0.05, 0) is 62.5 Å². The zero-order chi connectivity index (χ0) is 19.6. The van der Waals surface area contributed by atoms with Crippen LogP contribution in [0.5, 0.6) is 17.2 Å². The molecular formula is C19H23N3O4S.